The van der Waals surface area contributed by atoms with Crippen molar-refractivity contribution in [3.05, 3.63) is 39.8 Å². The summed E-state index contributed by atoms with van der Waals surface area (Å²) in [4.78, 5) is 40.1. The highest BCUT2D eigenvalue weighted by molar-refractivity contribution is 5.94. The van der Waals surface area contributed by atoms with Crippen LogP contribution in [0.2, 0.25) is 0 Å². The fourth-order valence-corrected chi connectivity index (χ4v) is 2.40. The second kappa shape index (κ2) is 7.92. The molecule has 0 aliphatic carbocycles. The Kier molecular flexibility index (Phi) is 5.90. The number of ether oxygens (including phenoxy) is 1. The molecule has 0 spiro atoms. The van der Waals surface area contributed by atoms with Crippen molar-refractivity contribution >= 4 is 22.9 Å². The topological polar surface area (TPSA) is 90.3 Å². The molecule has 0 saturated carbocycles. The molecule has 0 aliphatic rings. The van der Waals surface area contributed by atoms with Crippen molar-refractivity contribution in [2.75, 3.05) is 13.2 Å². The van der Waals surface area contributed by atoms with Crippen LogP contribution in [0.4, 0.5) is 0 Å². The highest BCUT2D eigenvalue weighted by Crippen LogP contribution is 2.14. The summed E-state index contributed by atoms with van der Waals surface area (Å²) in [5, 5.41) is 2.68. The predicted octanol–water partition coefficient (Wildman–Crippen LogP) is 1.65. The number of nitrogens with one attached hydrogen (secondary N) is 1. The SMILES string of the molecule is CCn1c(=O)c(C)nc2cc(C(=O)OCC(=O)NCC(C)C)ccc21. The van der Waals surface area contributed by atoms with Gasteiger partial charge in [0.15, 0.2) is 6.61 Å². The summed E-state index contributed by atoms with van der Waals surface area (Å²) in [6, 6.07) is 4.81. The van der Waals surface area contributed by atoms with Crippen molar-refractivity contribution in [3.63, 3.8) is 0 Å². The van der Waals surface area contributed by atoms with E-state index in [1.54, 1.807) is 29.7 Å². The Bertz CT molecular complexity index is 855. The Morgan fingerprint density at radius 2 is 2.04 bits per heavy atom. The van der Waals surface area contributed by atoms with Crippen molar-refractivity contribution < 1.29 is 14.3 Å². The minimum atomic E-state index is -0.602. The third-order valence-corrected chi connectivity index (χ3v) is 3.70. The number of nitrogens with zero attached hydrogens (tertiary/aromatic N) is 2. The quantitative estimate of drug-likeness (QED) is 0.804. The van der Waals surface area contributed by atoms with E-state index >= 15 is 0 Å². The smallest absolute Gasteiger partial charge is 0.338 e. The summed E-state index contributed by atoms with van der Waals surface area (Å²) in [5.41, 5.74) is 1.71. The second-order valence-electron chi connectivity index (χ2n) is 6.22. The molecule has 0 radical (unpaired) electrons. The van der Waals surface area contributed by atoms with Gasteiger partial charge in [0.1, 0.15) is 5.69 Å². The van der Waals surface area contributed by atoms with Gasteiger partial charge in [-0.25, -0.2) is 9.78 Å². The molecule has 1 amide bonds. The van der Waals surface area contributed by atoms with Gasteiger partial charge in [0.05, 0.1) is 16.6 Å². The van der Waals surface area contributed by atoms with Crippen LogP contribution in [0.1, 0.15) is 36.8 Å². The summed E-state index contributed by atoms with van der Waals surface area (Å²) >= 11 is 0. The molecule has 134 valence electrons. The molecule has 0 atom stereocenters. The normalized spacial score (nSPS) is 10.9. The fourth-order valence-electron chi connectivity index (χ4n) is 2.40. The van der Waals surface area contributed by atoms with Crippen molar-refractivity contribution in [1.82, 2.24) is 14.9 Å². The zero-order valence-corrected chi connectivity index (χ0v) is 15.0. The summed E-state index contributed by atoms with van der Waals surface area (Å²) in [7, 11) is 0. The van der Waals surface area contributed by atoms with Gasteiger partial charge < -0.3 is 14.6 Å². The van der Waals surface area contributed by atoms with Crippen molar-refractivity contribution in [2.45, 2.75) is 34.2 Å². The number of aromatic nitrogens is 2. The number of esters is 1. The predicted molar refractivity (Wildman–Crippen MR) is 94.5 cm³/mol. The van der Waals surface area contributed by atoms with Crippen LogP contribution >= 0.6 is 0 Å². The van der Waals surface area contributed by atoms with Gasteiger partial charge in [-0.15, -0.1) is 0 Å². The van der Waals surface area contributed by atoms with Crippen LogP contribution in [0.15, 0.2) is 23.0 Å². The van der Waals surface area contributed by atoms with Crippen molar-refractivity contribution in [1.29, 1.82) is 0 Å². The molecular weight excluding hydrogens is 322 g/mol. The number of benzene rings is 1. The Morgan fingerprint density at radius 1 is 1.32 bits per heavy atom. The van der Waals surface area contributed by atoms with Crippen LogP contribution < -0.4 is 10.9 Å². The van der Waals surface area contributed by atoms with Gasteiger partial charge in [0.2, 0.25) is 0 Å². The Hall–Kier alpha value is -2.70. The van der Waals surface area contributed by atoms with Crippen LogP contribution in [0.25, 0.3) is 11.0 Å². The van der Waals surface area contributed by atoms with Crippen LogP contribution in [0.5, 0.6) is 0 Å². The van der Waals surface area contributed by atoms with Gasteiger partial charge in [-0.05, 0) is 38.0 Å². The van der Waals surface area contributed by atoms with E-state index in [9.17, 15) is 14.4 Å². The molecule has 0 aliphatic heterocycles. The third-order valence-electron chi connectivity index (χ3n) is 3.70. The number of carbonyl (C=O) groups excluding carboxylic acids is 2. The average Bonchev–Trinajstić information content (AvgIpc) is 2.58. The third kappa shape index (κ3) is 4.43. The van der Waals surface area contributed by atoms with Crippen LogP contribution in [0, 0.1) is 12.8 Å². The van der Waals surface area contributed by atoms with Gasteiger partial charge in [0.25, 0.3) is 11.5 Å². The van der Waals surface area contributed by atoms with E-state index in [1.807, 2.05) is 20.8 Å². The standard InChI is InChI=1S/C18H23N3O4/c1-5-21-15-7-6-13(8-14(15)20-12(4)17(21)23)18(24)25-10-16(22)19-9-11(2)3/h6-8,11H,5,9-10H2,1-4H3,(H,19,22). The molecule has 1 N–H and O–H groups in total. The van der Waals surface area contributed by atoms with E-state index < -0.39 is 5.97 Å². The first-order valence-corrected chi connectivity index (χ1v) is 8.28. The summed E-state index contributed by atoms with van der Waals surface area (Å²) < 4.78 is 6.64. The van der Waals surface area contributed by atoms with Gasteiger partial charge in [-0.1, -0.05) is 13.8 Å². The molecule has 0 unspecified atom stereocenters. The fraction of sp³-hybridized carbons (Fsp3) is 0.444. The minimum Gasteiger partial charge on any atom is -0.452 e. The van der Waals surface area contributed by atoms with Crippen LogP contribution in [-0.4, -0.2) is 34.6 Å². The number of amides is 1. The molecule has 2 rings (SSSR count). The molecule has 2 aromatic rings. The maximum atomic E-state index is 12.1. The van der Waals surface area contributed by atoms with E-state index in [0.717, 1.165) is 0 Å². The van der Waals surface area contributed by atoms with E-state index in [0.29, 0.717) is 35.7 Å². The lowest BCUT2D eigenvalue weighted by Gasteiger charge is -2.10. The largest absolute Gasteiger partial charge is 0.452 e. The first-order chi connectivity index (χ1) is 11.8. The van der Waals surface area contributed by atoms with Gasteiger partial charge >= 0.3 is 5.97 Å². The Balaban J connectivity index is 2.16. The van der Waals surface area contributed by atoms with Gasteiger partial charge in [-0.3, -0.25) is 9.59 Å². The number of aryl methyl sites for hydroxylation is 2. The number of rotatable bonds is 6. The Morgan fingerprint density at radius 3 is 2.68 bits per heavy atom. The lowest BCUT2D eigenvalue weighted by atomic mass is 10.2. The molecule has 0 fully saturated rings. The first-order valence-electron chi connectivity index (χ1n) is 8.28. The lowest BCUT2D eigenvalue weighted by Crippen LogP contribution is -2.31. The first kappa shape index (κ1) is 18.6. The van der Waals surface area contributed by atoms with E-state index in [4.69, 9.17) is 4.74 Å². The number of carbonyl (C=O) groups is 2. The number of hydrogen-bond donors (Lipinski definition) is 1. The van der Waals surface area contributed by atoms with Crippen LogP contribution in [-0.2, 0) is 16.1 Å². The zero-order chi connectivity index (χ0) is 18.6. The van der Waals surface area contributed by atoms with E-state index in [-0.39, 0.29) is 23.6 Å². The molecule has 1 heterocycles. The molecule has 1 aromatic carbocycles. The van der Waals surface area contributed by atoms with Crippen molar-refractivity contribution in [2.24, 2.45) is 5.92 Å². The number of hydrogen-bond acceptors (Lipinski definition) is 5. The highest BCUT2D eigenvalue weighted by Gasteiger charge is 2.13. The second-order valence-corrected chi connectivity index (χ2v) is 6.22. The molecule has 7 heteroatoms. The van der Waals surface area contributed by atoms with Gasteiger partial charge in [0, 0.05) is 13.1 Å². The van der Waals surface area contributed by atoms with Crippen molar-refractivity contribution in [3.8, 4) is 0 Å². The molecular formula is C18H23N3O4. The molecule has 1 aromatic heterocycles. The Labute approximate surface area is 146 Å². The van der Waals surface area contributed by atoms with Crippen LogP contribution in [0.3, 0.4) is 0 Å². The minimum absolute atomic E-state index is 0.146. The molecule has 7 nitrogen and oxygen atoms in total. The monoisotopic (exact) mass is 345 g/mol. The number of fused-ring (bicyclic) bond motifs is 1. The lowest BCUT2D eigenvalue weighted by molar-refractivity contribution is -0.124. The molecule has 0 saturated heterocycles. The molecule has 0 bridgehead atoms. The molecule has 25 heavy (non-hydrogen) atoms. The highest BCUT2D eigenvalue weighted by atomic mass is 16.5. The average molecular weight is 345 g/mol. The summed E-state index contributed by atoms with van der Waals surface area (Å²) in [5.74, 6) is -0.613. The summed E-state index contributed by atoms with van der Waals surface area (Å²) in [6.45, 7) is 8.18. The maximum absolute atomic E-state index is 12.1. The van der Waals surface area contributed by atoms with E-state index in [2.05, 4.69) is 10.3 Å². The van der Waals surface area contributed by atoms with Gasteiger partial charge in [-0.2, -0.15) is 0 Å². The zero-order valence-electron chi connectivity index (χ0n) is 15.0. The summed E-state index contributed by atoms with van der Waals surface area (Å²) in [6.07, 6.45) is 0. The maximum Gasteiger partial charge on any atom is 0.338 e. The van der Waals surface area contributed by atoms with E-state index in [1.165, 1.54) is 0 Å².